The number of hydrogen-bond donors (Lipinski definition) is 1. The predicted octanol–water partition coefficient (Wildman–Crippen LogP) is 3.18. The van der Waals surface area contributed by atoms with Crippen molar-refractivity contribution in [1.82, 2.24) is 10.3 Å². The second-order valence-electron chi connectivity index (χ2n) is 4.80. The zero-order valence-electron chi connectivity index (χ0n) is 11.8. The van der Waals surface area contributed by atoms with Crippen molar-refractivity contribution in [3.63, 3.8) is 0 Å². The number of aromatic nitrogens is 1. The molecule has 1 amide bonds. The van der Waals surface area contributed by atoms with Gasteiger partial charge in [0.2, 0.25) is 0 Å². The summed E-state index contributed by atoms with van der Waals surface area (Å²) in [6.07, 6.45) is 1.51. The van der Waals surface area contributed by atoms with E-state index in [1.165, 1.54) is 18.3 Å². The Balaban J connectivity index is 1.97. The van der Waals surface area contributed by atoms with Crippen molar-refractivity contribution in [1.29, 1.82) is 0 Å². The Morgan fingerprint density at radius 1 is 1.36 bits per heavy atom. The minimum Gasteiger partial charge on any atom is -0.351 e. The van der Waals surface area contributed by atoms with Crippen molar-refractivity contribution in [2.24, 2.45) is 0 Å². The minimum atomic E-state index is -0.444. The largest absolute Gasteiger partial charge is 0.351 e. The Hall–Kier alpha value is -2.47. The molecule has 7 heteroatoms. The second-order valence-corrected chi connectivity index (χ2v) is 5.16. The van der Waals surface area contributed by atoms with Gasteiger partial charge in [-0.3, -0.25) is 14.9 Å². The van der Waals surface area contributed by atoms with E-state index in [2.05, 4.69) is 10.3 Å². The van der Waals surface area contributed by atoms with E-state index in [4.69, 9.17) is 11.6 Å². The van der Waals surface area contributed by atoms with Gasteiger partial charge in [-0.25, -0.2) is 4.98 Å². The van der Waals surface area contributed by atoms with Gasteiger partial charge in [-0.15, -0.1) is 0 Å². The fourth-order valence-corrected chi connectivity index (χ4v) is 2.14. The molecular weight excluding hydrogens is 306 g/mol. The number of hydrogen-bond acceptors (Lipinski definition) is 4. The van der Waals surface area contributed by atoms with Crippen LogP contribution < -0.4 is 5.32 Å². The van der Waals surface area contributed by atoms with Crippen LogP contribution in [0.2, 0.25) is 5.15 Å². The van der Waals surface area contributed by atoms with E-state index in [0.717, 1.165) is 5.56 Å². The number of carbonyl (C=O) groups is 1. The summed E-state index contributed by atoms with van der Waals surface area (Å²) < 4.78 is 0. The quantitative estimate of drug-likeness (QED) is 0.521. The number of carbonyl (C=O) groups excluding carboxylic acids is 1. The summed E-state index contributed by atoms with van der Waals surface area (Å²) in [5.41, 5.74) is 1.27. The third-order valence-corrected chi connectivity index (χ3v) is 3.55. The normalized spacial score (nSPS) is 11.7. The number of amides is 1. The van der Waals surface area contributed by atoms with Crippen LogP contribution in [0.15, 0.2) is 42.6 Å². The summed E-state index contributed by atoms with van der Waals surface area (Å²) >= 11 is 5.86. The molecule has 0 saturated carbocycles. The number of nitrogens with one attached hydrogen (secondary N) is 1. The average molecular weight is 320 g/mol. The Kier molecular flexibility index (Phi) is 5.06. The molecule has 1 N–H and O–H groups in total. The van der Waals surface area contributed by atoms with E-state index in [1.54, 1.807) is 24.3 Å². The van der Waals surface area contributed by atoms with E-state index in [-0.39, 0.29) is 22.7 Å². The van der Waals surface area contributed by atoms with Crippen LogP contribution >= 0.6 is 11.6 Å². The number of non-ortho nitro benzene ring substituents is 1. The number of nitrogens with zero attached hydrogens (tertiary/aromatic N) is 2. The SMILES string of the molecule is CC(CNC(=O)c1cccnc1Cl)c1ccc([N+](=O)[O-])cc1. The zero-order chi connectivity index (χ0) is 16.1. The lowest BCUT2D eigenvalue weighted by atomic mass is 10.0. The summed E-state index contributed by atoms with van der Waals surface area (Å²) in [6.45, 7) is 2.31. The molecule has 0 bridgehead atoms. The predicted molar refractivity (Wildman–Crippen MR) is 83.1 cm³/mol. The van der Waals surface area contributed by atoms with E-state index >= 15 is 0 Å². The van der Waals surface area contributed by atoms with Gasteiger partial charge in [-0.05, 0) is 23.6 Å². The monoisotopic (exact) mass is 319 g/mol. The number of nitro groups is 1. The lowest BCUT2D eigenvalue weighted by molar-refractivity contribution is -0.384. The first-order valence-electron chi connectivity index (χ1n) is 6.62. The van der Waals surface area contributed by atoms with Gasteiger partial charge < -0.3 is 5.32 Å². The third-order valence-electron chi connectivity index (χ3n) is 3.25. The van der Waals surface area contributed by atoms with Crippen LogP contribution in [0.25, 0.3) is 0 Å². The third kappa shape index (κ3) is 3.79. The molecule has 1 atom stereocenters. The molecule has 0 spiro atoms. The zero-order valence-corrected chi connectivity index (χ0v) is 12.6. The molecule has 0 fully saturated rings. The van der Waals surface area contributed by atoms with Gasteiger partial charge in [0.05, 0.1) is 10.5 Å². The van der Waals surface area contributed by atoms with E-state index in [0.29, 0.717) is 12.1 Å². The van der Waals surface area contributed by atoms with Crippen molar-refractivity contribution in [2.45, 2.75) is 12.8 Å². The number of pyridine rings is 1. The highest BCUT2D eigenvalue weighted by molar-refractivity contribution is 6.32. The molecule has 2 aromatic rings. The standard InChI is InChI=1S/C15H14ClN3O3/c1-10(11-4-6-12(7-5-11)19(21)22)9-18-15(20)13-3-2-8-17-14(13)16/h2-8,10H,9H2,1H3,(H,18,20). The van der Waals surface area contributed by atoms with Crippen molar-refractivity contribution in [3.8, 4) is 0 Å². The lowest BCUT2D eigenvalue weighted by Crippen LogP contribution is -2.27. The van der Waals surface area contributed by atoms with Gasteiger partial charge in [-0.1, -0.05) is 30.7 Å². The van der Waals surface area contributed by atoms with Gasteiger partial charge in [0.15, 0.2) is 0 Å². The first kappa shape index (κ1) is 15.9. The summed E-state index contributed by atoms with van der Waals surface area (Å²) in [4.78, 5) is 26.0. The summed E-state index contributed by atoms with van der Waals surface area (Å²) in [5.74, 6) is -0.285. The molecule has 0 aliphatic heterocycles. The maximum Gasteiger partial charge on any atom is 0.269 e. The molecule has 0 radical (unpaired) electrons. The van der Waals surface area contributed by atoms with Gasteiger partial charge >= 0.3 is 0 Å². The van der Waals surface area contributed by atoms with Crippen molar-refractivity contribution >= 4 is 23.2 Å². The highest BCUT2D eigenvalue weighted by atomic mass is 35.5. The van der Waals surface area contributed by atoms with Crippen molar-refractivity contribution < 1.29 is 9.72 Å². The van der Waals surface area contributed by atoms with Crippen LogP contribution in [-0.2, 0) is 0 Å². The van der Waals surface area contributed by atoms with Crippen LogP contribution in [0.5, 0.6) is 0 Å². The van der Waals surface area contributed by atoms with Gasteiger partial charge in [0.1, 0.15) is 5.15 Å². The van der Waals surface area contributed by atoms with Gasteiger partial charge in [0.25, 0.3) is 11.6 Å². The minimum absolute atomic E-state index is 0.0141. The highest BCUT2D eigenvalue weighted by Crippen LogP contribution is 2.19. The average Bonchev–Trinajstić information content (AvgIpc) is 2.52. The van der Waals surface area contributed by atoms with Crippen molar-refractivity contribution in [2.75, 3.05) is 6.54 Å². The summed E-state index contributed by atoms with van der Waals surface area (Å²) in [5, 5.41) is 13.5. The van der Waals surface area contributed by atoms with Crippen LogP contribution in [0.3, 0.4) is 0 Å². The number of halogens is 1. The molecule has 1 heterocycles. The highest BCUT2D eigenvalue weighted by Gasteiger charge is 2.13. The Labute approximate surface area is 132 Å². The van der Waals surface area contributed by atoms with Crippen LogP contribution in [0.4, 0.5) is 5.69 Å². The summed E-state index contributed by atoms with van der Waals surface area (Å²) in [6, 6.07) is 9.51. The molecule has 1 aromatic heterocycles. The van der Waals surface area contributed by atoms with Crippen LogP contribution in [0.1, 0.15) is 28.8 Å². The van der Waals surface area contributed by atoms with E-state index < -0.39 is 4.92 Å². The molecule has 114 valence electrons. The van der Waals surface area contributed by atoms with E-state index in [9.17, 15) is 14.9 Å². The first-order valence-corrected chi connectivity index (χ1v) is 7.00. The maximum absolute atomic E-state index is 12.0. The molecule has 0 saturated heterocycles. The summed E-state index contributed by atoms with van der Waals surface area (Å²) in [7, 11) is 0. The van der Waals surface area contributed by atoms with Gasteiger partial charge in [-0.2, -0.15) is 0 Å². The molecule has 1 aromatic carbocycles. The molecule has 2 rings (SSSR count). The van der Waals surface area contributed by atoms with Crippen molar-refractivity contribution in [3.05, 3.63) is 69.0 Å². The molecule has 0 aliphatic carbocycles. The van der Waals surface area contributed by atoms with Crippen LogP contribution in [0, 0.1) is 10.1 Å². The van der Waals surface area contributed by atoms with Gasteiger partial charge in [0, 0.05) is 24.9 Å². The Morgan fingerprint density at radius 2 is 2.05 bits per heavy atom. The van der Waals surface area contributed by atoms with E-state index in [1.807, 2.05) is 6.92 Å². The fourth-order valence-electron chi connectivity index (χ4n) is 1.94. The second kappa shape index (κ2) is 7.00. The molecule has 1 unspecified atom stereocenters. The molecular formula is C15H14ClN3O3. The number of rotatable bonds is 5. The molecule has 0 aliphatic rings. The molecule has 22 heavy (non-hydrogen) atoms. The Morgan fingerprint density at radius 3 is 2.64 bits per heavy atom. The van der Waals surface area contributed by atoms with Crippen LogP contribution in [-0.4, -0.2) is 22.4 Å². The number of benzene rings is 1. The smallest absolute Gasteiger partial charge is 0.269 e. The lowest BCUT2D eigenvalue weighted by Gasteiger charge is -2.13. The Bertz CT molecular complexity index is 689. The first-order chi connectivity index (χ1) is 10.5. The topological polar surface area (TPSA) is 85.1 Å². The number of nitro benzene ring substituents is 1. The maximum atomic E-state index is 12.0. The fraction of sp³-hybridized carbons (Fsp3) is 0.200. The molecule has 6 nitrogen and oxygen atoms in total.